The van der Waals surface area contributed by atoms with Crippen molar-refractivity contribution in [2.24, 2.45) is 29.6 Å². The first-order chi connectivity index (χ1) is 22.3. The SMILES string of the molecule is COC(=O)/C=C\[C@H](C)[C@H](O[Si](C)(C)C(C)(C)C)[C@@H](C)/C=C(/C)CC(C)C(O[Si](C)(C)C(C)(C)C)C(C)C(O)[C@@H](C)COCc1ccccc1. The number of esters is 1. The molecular weight excluding hydrogens is 645 g/mol. The standard InChI is InChI=1S/C41H74O6Si2/c1-29(25-31(3)38(30(2)23-24-36(42)44-13)46-48(14,15)40(7,8)9)26-32(4)39(47-49(16,17)41(10,11)12)34(6)37(43)33(5)27-45-28-35-21-19-18-20-22-35/h18-25,30-34,37-39,43H,26-28H2,1-17H3/b24-23-,29-25-/t30-,31-,32?,33-,34?,37?,38-,39?/m0/s1. The van der Waals surface area contributed by atoms with Gasteiger partial charge in [0.15, 0.2) is 16.6 Å². The molecule has 1 aromatic rings. The predicted octanol–water partition coefficient (Wildman–Crippen LogP) is 10.6. The number of aliphatic hydroxyl groups is 1. The number of carbonyl (C=O) groups excluding carboxylic acids is 1. The normalized spacial score (nSPS) is 18.8. The fourth-order valence-electron chi connectivity index (χ4n) is 5.86. The Hall–Kier alpha value is -1.56. The van der Waals surface area contributed by atoms with E-state index in [1.54, 1.807) is 0 Å². The lowest BCUT2D eigenvalue weighted by atomic mass is 9.81. The molecule has 0 bridgehead atoms. The molecule has 1 aromatic carbocycles. The molecular formula is C41H74O6Si2. The molecule has 0 spiro atoms. The van der Waals surface area contributed by atoms with Crippen molar-refractivity contribution in [3.05, 3.63) is 59.7 Å². The first kappa shape index (κ1) is 45.5. The van der Waals surface area contributed by atoms with Crippen LogP contribution < -0.4 is 0 Å². The number of hydrogen-bond donors (Lipinski definition) is 1. The molecule has 8 heteroatoms. The van der Waals surface area contributed by atoms with Crippen molar-refractivity contribution < 1.29 is 28.2 Å². The molecule has 0 saturated carbocycles. The summed E-state index contributed by atoms with van der Waals surface area (Å²) >= 11 is 0. The summed E-state index contributed by atoms with van der Waals surface area (Å²) in [5.74, 6) is -0.171. The summed E-state index contributed by atoms with van der Waals surface area (Å²) in [6.45, 7) is 36.8. The first-order valence-corrected chi connectivity index (χ1v) is 24.2. The van der Waals surface area contributed by atoms with Crippen molar-refractivity contribution >= 4 is 22.6 Å². The quantitative estimate of drug-likeness (QED) is 0.0664. The zero-order chi connectivity index (χ0) is 38.0. The molecule has 0 aliphatic rings. The number of ether oxygens (including phenoxy) is 2. The van der Waals surface area contributed by atoms with Crippen molar-refractivity contribution in [1.29, 1.82) is 0 Å². The second-order valence-corrected chi connectivity index (χ2v) is 27.3. The van der Waals surface area contributed by atoms with Gasteiger partial charge in [-0.25, -0.2) is 4.79 Å². The third-order valence-corrected chi connectivity index (χ3v) is 20.1. The minimum atomic E-state index is -2.15. The van der Waals surface area contributed by atoms with E-state index < -0.39 is 22.7 Å². The number of hydrogen-bond acceptors (Lipinski definition) is 6. The summed E-state index contributed by atoms with van der Waals surface area (Å²) in [6, 6.07) is 10.2. The highest BCUT2D eigenvalue weighted by molar-refractivity contribution is 6.74. The lowest BCUT2D eigenvalue weighted by Gasteiger charge is -2.44. The fourth-order valence-corrected chi connectivity index (χ4v) is 8.80. The number of allylic oxidation sites excluding steroid dienone is 1. The van der Waals surface area contributed by atoms with E-state index in [0.29, 0.717) is 13.2 Å². The Labute approximate surface area is 303 Å². The summed E-state index contributed by atoms with van der Waals surface area (Å²) in [4.78, 5) is 11.9. The second-order valence-electron chi connectivity index (χ2n) is 17.8. The molecule has 1 N–H and O–H groups in total. The average Bonchev–Trinajstić information content (AvgIpc) is 2.99. The van der Waals surface area contributed by atoms with E-state index in [-0.39, 0.29) is 57.8 Å². The summed E-state index contributed by atoms with van der Waals surface area (Å²) in [5.41, 5.74) is 2.41. The van der Waals surface area contributed by atoms with E-state index in [4.69, 9.17) is 18.3 Å². The van der Waals surface area contributed by atoms with Crippen LogP contribution in [0.4, 0.5) is 0 Å². The predicted molar refractivity (Wildman–Crippen MR) is 212 cm³/mol. The molecule has 0 radical (unpaired) electrons. The zero-order valence-corrected chi connectivity index (χ0v) is 36.3. The van der Waals surface area contributed by atoms with Gasteiger partial charge in [-0.1, -0.05) is 124 Å². The van der Waals surface area contributed by atoms with Crippen molar-refractivity contribution in [2.75, 3.05) is 13.7 Å². The van der Waals surface area contributed by atoms with Crippen LogP contribution in [0.3, 0.4) is 0 Å². The van der Waals surface area contributed by atoms with Crippen LogP contribution in [0.25, 0.3) is 0 Å². The largest absolute Gasteiger partial charge is 0.466 e. The van der Waals surface area contributed by atoms with Gasteiger partial charge in [0, 0.05) is 23.8 Å². The highest BCUT2D eigenvalue weighted by atomic mass is 28.4. The summed E-state index contributed by atoms with van der Waals surface area (Å²) in [7, 11) is -2.85. The van der Waals surface area contributed by atoms with Gasteiger partial charge in [0.25, 0.3) is 0 Å². The molecule has 0 saturated heterocycles. The number of carbonyl (C=O) groups is 1. The minimum absolute atomic E-state index is 0.0140. The van der Waals surface area contributed by atoms with Gasteiger partial charge >= 0.3 is 5.97 Å². The van der Waals surface area contributed by atoms with Gasteiger partial charge in [-0.15, -0.1) is 0 Å². The van der Waals surface area contributed by atoms with Crippen molar-refractivity contribution in [3.8, 4) is 0 Å². The van der Waals surface area contributed by atoms with Gasteiger partial charge < -0.3 is 23.4 Å². The average molecular weight is 719 g/mol. The molecule has 0 aliphatic heterocycles. The number of aliphatic hydroxyl groups excluding tert-OH is 1. The molecule has 49 heavy (non-hydrogen) atoms. The molecule has 0 aromatic heterocycles. The molecule has 0 fully saturated rings. The van der Waals surface area contributed by atoms with Crippen LogP contribution >= 0.6 is 0 Å². The van der Waals surface area contributed by atoms with E-state index in [1.165, 1.54) is 18.8 Å². The highest BCUT2D eigenvalue weighted by Crippen LogP contribution is 2.42. The van der Waals surface area contributed by atoms with Crippen LogP contribution in [0.1, 0.15) is 95.1 Å². The number of methoxy groups -OCH3 is 1. The fraction of sp³-hybridized carbons (Fsp3) is 0.732. The zero-order valence-electron chi connectivity index (χ0n) is 34.3. The van der Waals surface area contributed by atoms with Gasteiger partial charge in [-0.05, 0) is 67.0 Å². The van der Waals surface area contributed by atoms with Gasteiger partial charge in [-0.3, -0.25) is 0 Å². The summed E-state index contributed by atoms with van der Waals surface area (Å²) in [6.07, 6.45) is 5.85. The van der Waals surface area contributed by atoms with Crippen LogP contribution in [0.5, 0.6) is 0 Å². The smallest absolute Gasteiger partial charge is 0.330 e. The summed E-state index contributed by atoms with van der Waals surface area (Å²) in [5, 5.41) is 11.8. The van der Waals surface area contributed by atoms with E-state index >= 15 is 0 Å². The van der Waals surface area contributed by atoms with E-state index in [9.17, 15) is 9.90 Å². The first-order valence-electron chi connectivity index (χ1n) is 18.4. The van der Waals surface area contributed by atoms with Crippen molar-refractivity contribution in [2.45, 2.75) is 151 Å². The Morgan fingerprint density at radius 3 is 1.82 bits per heavy atom. The Balaban J connectivity index is 3.30. The van der Waals surface area contributed by atoms with Crippen LogP contribution in [0.15, 0.2) is 54.1 Å². The molecule has 1 rings (SSSR count). The molecule has 0 heterocycles. The third-order valence-electron chi connectivity index (χ3n) is 11.1. The molecule has 0 aliphatic carbocycles. The molecule has 6 nitrogen and oxygen atoms in total. The van der Waals surface area contributed by atoms with Gasteiger partial charge in [-0.2, -0.15) is 0 Å². The monoisotopic (exact) mass is 719 g/mol. The van der Waals surface area contributed by atoms with Crippen LogP contribution in [0, 0.1) is 29.6 Å². The molecule has 0 amide bonds. The second kappa shape index (κ2) is 19.3. The van der Waals surface area contributed by atoms with Crippen molar-refractivity contribution in [1.82, 2.24) is 0 Å². The van der Waals surface area contributed by atoms with Gasteiger partial charge in [0.05, 0.1) is 38.6 Å². The van der Waals surface area contributed by atoms with Crippen molar-refractivity contribution in [3.63, 3.8) is 0 Å². The van der Waals surface area contributed by atoms with Crippen LogP contribution in [0.2, 0.25) is 36.3 Å². The summed E-state index contributed by atoms with van der Waals surface area (Å²) < 4.78 is 25.1. The third kappa shape index (κ3) is 14.5. The topological polar surface area (TPSA) is 74.2 Å². The van der Waals surface area contributed by atoms with E-state index in [0.717, 1.165) is 12.0 Å². The lowest BCUT2D eigenvalue weighted by molar-refractivity contribution is -0.134. The number of rotatable bonds is 19. The van der Waals surface area contributed by atoms with Gasteiger partial charge in [0.1, 0.15) is 0 Å². The van der Waals surface area contributed by atoms with Gasteiger partial charge in [0.2, 0.25) is 0 Å². The Morgan fingerprint density at radius 1 is 0.816 bits per heavy atom. The minimum Gasteiger partial charge on any atom is -0.466 e. The Bertz CT molecular complexity index is 1180. The maximum absolute atomic E-state index is 11.9. The van der Waals surface area contributed by atoms with E-state index in [2.05, 4.69) is 127 Å². The Morgan fingerprint density at radius 2 is 1.33 bits per heavy atom. The maximum atomic E-state index is 11.9. The number of benzene rings is 1. The lowest BCUT2D eigenvalue weighted by Crippen LogP contribution is -2.50. The molecule has 282 valence electrons. The molecule has 8 atom stereocenters. The van der Waals surface area contributed by atoms with Crippen LogP contribution in [-0.4, -0.2) is 59.7 Å². The van der Waals surface area contributed by atoms with E-state index in [1.807, 2.05) is 24.3 Å². The van der Waals surface area contributed by atoms with Crippen LogP contribution in [-0.2, 0) is 29.7 Å². The highest BCUT2D eigenvalue weighted by Gasteiger charge is 2.44. The Kier molecular flexibility index (Phi) is 17.9. The molecule has 4 unspecified atom stereocenters. The maximum Gasteiger partial charge on any atom is 0.330 e.